The number of aromatic nitrogens is 3. The number of hydrogen-bond donors (Lipinski definition) is 0. The van der Waals surface area contributed by atoms with Crippen LogP contribution in [-0.2, 0) is 0 Å². The average Bonchev–Trinajstić information content (AvgIpc) is 3.49. The molecule has 5 rings (SSSR count). The number of amides is 2. The first-order valence-electron chi connectivity index (χ1n) is 11.1. The second-order valence-corrected chi connectivity index (χ2v) is 8.90. The summed E-state index contributed by atoms with van der Waals surface area (Å²) in [7, 11) is 0. The van der Waals surface area contributed by atoms with Crippen molar-refractivity contribution in [3.63, 3.8) is 0 Å². The first-order valence-corrected chi connectivity index (χ1v) is 11.1. The van der Waals surface area contributed by atoms with Crippen LogP contribution < -0.4 is 0 Å². The summed E-state index contributed by atoms with van der Waals surface area (Å²) < 4.78 is 1.79. The molecule has 4 heterocycles. The molecular weight excluding hydrogens is 402 g/mol. The van der Waals surface area contributed by atoms with E-state index in [9.17, 15) is 9.59 Å². The number of carbonyl (C=O) groups is 2. The molecule has 2 unspecified atom stereocenters. The van der Waals surface area contributed by atoms with Crippen LogP contribution in [0.4, 0.5) is 0 Å². The third-order valence-electron chi connectivity index (χ3n) is 6.50. The Morgan fingerprint density at radius 2 is 1.84 bits per heavy atom. The van der Waals surface area contributed by atoms with Gasteiger partial charge < -0.3 is 9.80 Å². The van der Waals surface area contributed by atoms with E-state index in [1.165, 1.54) is 0 Å². The van der Waals surface area contributed by atoms with Gasteiger partial charge in [-0.2, -0.15) is 5.10 Å². The zero-order valence-electron chi connectivity index (χ0n) is 18.6. The molecular formula is C25H27N5O2. The highest BCUT2D eigenvalue weighted by molar-refractivity contribution is 5.99. The first-order chi connectivity index (χ1) is 15.5. The van der Waals surface area contributed by atoms with Crippen LogP contribution in [0.1, 0.15) is 58.5 Å². The van der Waals surface area contributed by atoms with E-state index in [0.717, 1.165) is 23.4 Å². The predicted molar refractivity (Wildman–Crippen MR) is 121 cm³/mol. The summed E-state index contributed by atoms with van der Waals surface area (Å²) in [5.41, 5.74) is 3.89. The number of nitrogens with zero attached hydrogens (tertiary/aromatic N) is 5. The molecule has 0 saturated carbocycles. The summed E-state index contributed by atoms with van der Waals surface area (Å²) in [6.07, 6.45) is 2.39. The molecule has 7 nitrogen and oxygen atoms in total. The molecule has 0 aliphatic carbocycles. The molecule has 1 aromatic carbocycles. The minimum absolute atomic E-state index is 0.000267. The van der Waals surface area contributed by atoms with Crippen molar-refractivity contribution in [2.24, 2.45) is 5.92 Å². The fourth-order valence-corrected chi connectivity index (χ4v) is 5.10. The topological polar surface area (TPSA) is 71.3 Å². The Kier molecular flexibility index (Phi) is 5.04. The Morgan fingerprint density at radius 3 is 2.53 bits per heavy atom. The molecule has 2 aliphatic heterocycles. The van der Waals surface area contributed by atoms with Gasteiger partial charge in [-0.25, -0.2) is 4.68 Å². The third-order valence-corrected chi connectivity index (χ3v) is 6.50. The molecule has 0 spiro atoms. The Labute approximate surface area is 187 Å². The van der Waals surface area contributed by atoms with Gasteiger partial charge in [0.1, 0.15) is 11.4 Å². The molecule has 2 aromatic heterocycles. The third kappa shape index (κ3) is 3.20. The predicted octanol–water partition coefficient (Wildman–Crippen LogP) is 3.64. The Hall–Kier alpha value is -3.48. The van der Waals surface area contributed by atoms with Gasteiger partial charge in [-0.05, 0) is 43.5 Å². The Morgan fingerprint density at radius 1 is 1.09 bits per heavy atom. The van der Waals surface area contributed by atoms with Gasteiger partial charge in [0.2, 0.25) is 0 Å². The Balaban J connectivity index is 1.47. The van der Waals surface area contributed by atoms with Crippen molar-refractivity contribution in [3.8, 4) is 5.69 Å². The van der Waals surface area contributed by atoms with Crippen molar-refractivity contribution in [1.82, 2.24) is 24.6 Å². The normalized spacial score (nSPS) is 20.3. The fourth-order valence-electron chi connectivity index (χ4n) is 5.10. The molecule has 1 fully saturated rings. The molecule has 2 aliphatic rings. The molecule has 164 valence electrons. The number of pyridine rings is 1. The molecule has 0 radical (unpaired) electrons. The largest absolute Gasteiger partial charge is 0.335 e. The van der Waals surface area contributed by atoms with E-state index in [1.807, 2.05) is 53.1 Å². The second-order valence-electron chi connectivity index (χ2n) is 8.90. The number of para-hydroxylation sites is 1. The summed E-state index contributed by atoms with van der Waals surface area (Å²) in [5.74, 6) is 0.151. The van der Waals surface area contributed by atoms with Crippen molar-refractivity contribution in [2.75, 3.05) is 13.1 Å². The maximum atomic E-state index is 13.8. The summed E-state index contributed by atoms with van der Waals surface area (Å²) >= 11 is 0. The van der Waals surface area contributed by atoms with Crippen molar-refractivity contribution in [3.05, 3.63) is 77.4 Å². The smallest absolute Gasteiger partial charge is 0.273 e. The van der Waals surface area contributed by atoms with Crippen LogP contribution in [0.15, 0.2) is 54.7 Å². The van der Waals surface area contributed by atoms with E-state index in [1.54, 1.807) is 23.0 Å². The molecule has 3 aromatic rings. The van der Waals surface area contributed by atoms with Crippen LogP contribution >= 0.6 is 0 Å². The number of rotatable bonds is 4. The van der Waals surface area contributed by atoms with E-state index in [0.29, 0.717) is 24.5 Å². The van der Waals surface area contributed by atoms with E-state index >= 15 is 0 Å². The summed E-state index contributed by atoms with van der Waals surface area (Å²) in [6, 6.07) is 15.1. The van der Waals surface area contributed by atoms with E-state index in [4.69, 9.17) is 5.10 Å². The first kappa shape index (κ1) is 20.4. The SMILES string of the molecule is Cc1nn(-c2ccccc2)c2c1C(C(C)C)N(C1CCN(C(=O)c3ccccn3)C1)C2=O. The van der Waals surface area contributed by atoms with E-state index < -0.39 is 0 Å². The van der Waals surface area contributed by atoms with Gasteiger partial charge in [0.25, 0.3) is 11.8 Å². The zero-order valence-corrected chi connectivity index (χ0v) is 18.6. The number of likely N-dealkylation sites (tertiary alicyclic amines) is 1. The van der Waals surface area contributed by atoms with Crippen LogP contribution in [-0.4, -0.2) is 55.5 Å². The summed E-state index contributed by atoms with van der Waals surface area (Å²) in [6.45, 7) is 7.41. The van der Waals surface area contributed by atoms with Crippen molar-refractivity contribution < 1.29 is 9.59 Å². The number of carbonyl (C=O) groups excluding carboxylic acids is 2. The maximum Gasteiger partial charge on any atom is 0.273 e. The lowest BCUT2D eigenvalue weighted by Gasteiger charge is -2.33. The van der Waals surface area contributed by atoms with Crippen LogP contribution in [0.3, 0.4) is 0 Å². The standard InChI is InChI=1S/C25H27N5O2/c1-16(2)22-21-17(3)27-30(18-9-5-4-6-10-18)23(21)25(32)29(22)19-12-14-28(15-19)24(31)20-11-7-8-13-26-20/h4-11,13,16,19,22H,12,14-15H2,1-3H3. The van der Waals surface area contributed by atoms with Gasteiger partial charge in [0, 0.05) is 24.8 Å². The van der Waals surface area contributed by atoms with Crippen LogP contribution in [0.25, 0.3) is 5.69 Å². The molecule has 0 bridgehead atoms. The summed E-state index contributed by atoms with van der Waals surface area (Å²) in [5, 5.41) is 4.73. The van der Waals surface area contributed by atoms with Crippen molar-refractivity contribution in [1.29, 1.82) is 0 Å². The lowest BCUT2D eigenvalue weighted by molar-refractivity contribution is 0.0549. The van der Waals surface area contributed by atoms with Crippen LogP contribution in [0.5, 0.6) is 0 Å². The minimum atomic E-state index is -0.0787. The fraction of sp³-hybridized carbons (Fsp3) is 0.360. The lowest BCUT2D eigenvalue weighted by Crippen LogP contribution is -2.43. The number of benzene rings is 1. The summed E-state index contributed by atoms with van der Waals surface area (Å²) in [4.78, 5) is 34.7. The van der Waals surface area contributed by atoms with Crippen LogP contribution in [0.2, 0.25) is 0 Å². The molecule has 2 atom stereocenters. The van der Waals surface area contributed by atoms with Gasteiger partial charge in [-0.15, -0.1) is 0 Å². The van der Waals surface area contributed by atoms with E-state index in [2.05, 4.69) is 18.8 Å². The maximum absolute atomic E-state index is 13.8. The van der Waals surface area contributed by atoms with Gasteiger partial charge in [-0.3, -0.25) is 14.6 Å². The van der Waals surface area contributed by atoms with E-state index in [-0.39, 0.29) is 29.8 Å². The minimum Gasteiger partial charge on any atom is -0.335 e. The highest BCUT2D eigenvalue weighted by atomic mass is 16.2. The number of aryl methyl sites for hydroxylation is 1. The average molecular weight is 430 g/mol. The quantitative estimate of drug-likeness (QED) is 0.635. The van der Waals surface area contributed by atoms with Gasteiger partial charge in [-0.1, -0.05) is 38.1 Å². The molecule has 7 heteroatoms. The second kappa shape index (κ2) is 7.89. The van der Waals surface area contributed by atoms with Gasteiger partial charge in [0.05, 0.1) is 23.5 Å². The zero-order chi connectivity index (χ0) is 22.4. The van der Waals surface area contributed by atoms with Gasteiger partial charge in [0.15, 0.2) is 0 Å². The van der Waals surface area contributed by atoms with Crippen molar-refractivity contribution >= 4 is 11.8 Å². The van der Waals surface area contributed by atoms with Crippen molar-refractivity contribution in [2.45, 2.75) is 39.3 Å². The molecule has 1 saturated heterocycles. The monoisotopic (exact) mass is 429 g/mol. The highest BCUT2D eigenvalue weighted by Gasteiger charge is 2.48. The molecule has 0 N–H and O–H groups in total. The number of hydrogen-bond acceptors (Lipinski definition) is 4. The highest BCUT2D eigenvalue weighted by Crippen LogP contribution is 2.43. The number of fused-ring (bicyclic) bond motifs is 1. The van der Waals surface area contributed by atoms with Crippen LogP contribution in [0, 0.1) is 12.8 Å². The molecule has 32 heavy (non-hydrogen) atoms. The Bertz CT molecular complexity index is 1160. The molecule has 2 amide bonds. The van der Waals surface area contributed by atoms with Gasteiger partial charge >= 0.3 is 0 Å². The lowest BCUT2D eigenvalue weighted by atomic mass is 9.95.